The molecule has 0 N–H and O–H groups in total. The minimum absolute atomic E-state index is 0.0899. The van der Waals surface area contributed by atoms with Crippen molar-refractivity contribution in [1.29, 1.82) is 0 Å². The minimum Gasteiger partial charge on any atom is -0.339 e. The van der Waals surface area contributed by atoms with E-state index in [1.807, 2.05) is 35.2 Å². The van der Waals surface area contributed by atoms with Crippen molar-refractivity contribution in [3.8, 4) is 0 Å². The highest BCUT2D eigenvalue weighted by Gasteiger charge is 2.09. The fourth-order valence-corrected chi connectivity index (χ4v) is 2.51. The molecule has 0 fully saturated rings. The van der Waals surface area contributed by atoms with E-state index in [1.165, 1.54) is 25.7 Å². The molecule has 0 aromatic heterocycles. The predicted octanol–water partition coefficient (Wildman–Crippen LogP) is 5.56. The summed E-state index contributed by atoms with van der Waals surface area (Å²) < 4.78 is 0. The number of rotatable bonds is 10. The van der Waals surface area contributed by atoms with E-state index in [9.17, 15) is 4.79 Å². The number of carbonyl (C=O) groups excluding carboxylic acids is 1. The van der Waals surface area contributed by atoms with Gasteiger partial charge in [-0.05, 0) is 30.5 Å². The zero-order valence-electron chi connectivity index (χ0n) is 13.9. The van der Waals surface area contributed by atoms with Gasteiger partial charge in [0.2, 0.25) is 5.91 Å². The summed E-state index contributed by atoms with van der Waals surface area (Å²) in [6.07, 6.45) is 10.3. The number of halogens is 1. The molecule has 0 bridgehead atoms. The summed E-state index contributed by atoms with van der Waals surface area (Å²) in [4.78, 5) is 14.4. The zero-order valence-corrected chi connectivity index (χ0v) is 14.6. The molecule has 122 valence electrons. The van der Waals surface area contributed by atoms with Gasteiger partial charge in [0.05, 0.1) is 0 Å². The first-order chi connectivity index (χ1) is 10.7. The van der Waals surface area contributed by atoms with Gasteiger partial charge in [0.1, 0.15) is 0 Å². The summed E-state index contributed by atoms with van der Waals surface area (Å²) in [5.41, 5.74) is 0.889. The average Bonchev–Trinajstić information content (AvgIpc) is 2.52. The molecule has 0 spiro atoms. The van der Waals surface area contributed by atoms with Gasteiger partial charge in [-0.25, -0.2) is 0 Å². The van der Waals surface area contributed by atoms with Gasteiger partial charge in [-0.1, -0.05) is 69.3 Å². The van der Waals surface area contributed by atoms with Crippen LogP contribution in [0.25, 0.3) is 6.08 Å². The van der Waals surface area contributed by atoms with Crippen LogP contribution >= 0.6 is 11.6 Å². The van der Waals surface area contributed by atoms with Gasteiger partial charge < -0.3 is 4.90 Å². The van der Waals surface area contributed by atoms with Gasteiger partial charge in [-0.15, -0.1) is 0 Å². The fraction of sp³-hybridized carbons (Fsp3) is 0.526. The predicted molar refractivity (Wildman–Crippen MR) is 96.1 cm³/mol. The van der Waals surface area contributed by atoms with Crippen LogP contribution in [0.1, 0.15) is 57.9 Å². The van der Waals surface area contributed by atoms with E-state index >= 15 is 0 Å². The average molecular weight is 322 g/mol. The number of nitrogens with zero attached hydrogens (tertiary/aromatic N) is 1. The number of unbranched alkanes of at least 4 members (excludes halogenated alkanes) is 4. The Morgan fingerprint density at radius 2 is 1.64 bits per heavy atom. The molecular formula is C19H28ClNO. The standard InChI is InChI=1S/C19H28ClNO/c1-3-5-9-15-21(16-10-6-4-2)19(22)14-13-17-11-7-8-12-18(17)20/h7-8,11-14H,3-6,9-10,15-16H2,1-2H3. The largest absolute Gasteiger partial charge is 0.339 e. The number of carbonyl (C=O) groups is 1. The molecule has 2 nitrogen and oxygen atoms in total. The molecule has 0 aliphatic carbocycles. The lowest BCUT2D eigenvalue weighted by Gasteiger charge is -2.21. The van der Waals surface area contributed by atoms with Crippen LogP contribution in [0.4, 0.5) is 0 Å². The van der Waals surface area contributed by atoms with Crippen LogP contribution in [0.5, 0.6) is 0 Å². The maximum absolute atomic E-state index is 12.4. The van der Waals surface area contributed by atoms with Crippen LogP contribution in [-0.2, 0) is 4.79 Å². The number of hydrogen-bond donors (Lipinski definition) is 0. The van der Waals surface area contributed by atoms with E-state index in [-0.39, 0.29) is 5.91 Å². The molecular weight excluding hydrogens is 294 g/mol. The Morgan fingerprint density at radius 1 is 1.05 bits per heavy atom. The van der Waals surface area contributed by atoms with Gasteiger partial charge in [-0.3, -0.25) is 4.79 Å². The van der Waals surface area contributed by atoms with Crippen LogP contribution in [0.3, 0.4) is 0 Å². The van der Waals surface area contributed by atoms with E-state index in [1.54, 1.807) is 6.08 Å². The molecule has 22 heavy (non-hydrogen) atoms. The van der Waals surface area contributed by atoms with Gasteiger partial charge in [0.15, 0.2) is 0 Å². The Labute approximate surface area is 140 Å². The Kier molecular flexibility index (Phi) is 9.65. The van der Waals surface area contributed by atoms with Gasteiger partial charge in [0, 0.05) is 24.2 Å². The third-order valence-corrected chi connectivity index (χ3v) is 4.03. The second-order valence-corrected chi connectivity index (χ2v) is 6.00. The van der Waals surface area contributed by atoms with Crippen molar-refractivity contribution in [1.82, 2.24) is 4.90 Å². The summed E-state index contributed by atoms with van der Waals surface area (Å²) in [7, 11) is 0. The van der Waals surface area contributed by atoms with Crippen LogP contribution in [0, 0.1) is 0 Å². The highest BCUT2D eigenvalue weighted by atomic mass is 35.5. The van der Waals surface area contributed by atoms with E-state index in [0.29, 0.717) is 5.02 Å². The molecule has 0 aliphatic rings. The van der Waals surface area contributed by atoms with Gasteiger partial charge in [0.25, 0.3) is 0 Å². The number of benzene rings is 1. The molecule has 1 aromatic rings. The SMILES string of the molecule is CCCCCN(CCCCC)C(=O)C=Cc1ccccc1Cl. The van der Waals surface area contributed by atoms with Crippen molar-refractivity contribution in [3.63, 3.8) is 0 Å². The third-order valence-electron chi connectivity index (χ3n) is 3.69. The molecule has 1 amide bonds. The van der Waals surface area contributed by atoms with Crippen LogP contribution in [-0.4, -0.2) is 23.9 Å². The molecule has 1 rings (SSSR count). The summed E-state index contributed by atoms with van der Waals surface area (Å²) >= 11 is 6.12. The lowest BCUT2D eigenvalue weighted by Crippen LogP contribution is -2.31. The lowest BCUT2D eigenvalue weighted by atomic mass is 10.2. The number of amides is 1. The minimum atomic E-state index is 0.0899. The van der Waals surface area contributed by atoms with Crippen LogP contribution in [0.15, 0.2) is 30.3 Å². The molecule has 0 unspecified atom stereocenters. The quantitative estimate of drug-likeness (QED) is 0.408. The summed E-state index contributed by atoms with van der Waals surface area (Å²) in [6.45, 7) is 6.06. The van der Waals surface area contributed by atoms with Gasteiger partial charge >= 0.3 is 0 Å². The first kappa shape index (κ1) is 18.8. The summed E-state index contributed by atoms with van der Waals surface area (Å²) in [6, 6.07) is 7.58. The molecule has 0 aliphatic heterocycles. The second kappa shape index (κ2) is 11.3. The normalized spacial score (nSPS) is 11.0. The van der Waals surface area contributed by atoms with E-state index in [4.69, 9.17) is 11.6 Å². The molecule has 1 aromatic carbocycles. The highest BCUT2D eigenvalue weighted by molar-refractivity contribution is 6.32. The van der Waals surface area contributed by atoms with Crippen molar-refractivity contribution in [3.05, 3.63) is 40.9 Å². The van der Waals surface area contributed by atoms with Crippen molar-refractivity contribution >= 4 is 23.6 Å². The second-order valence-electron chi connectivity index (χ2n) is 5.59. The summed E-state index contributed by atoms with van der Waals surface area (Å²) in [5.74, 6) is 0.0899. The first-order valence-electron chi connectivity index (χ1n) is 8.40. The Bertz CT molecular complexity index is 460. The van der Waals surface area contributed by atoms with E-state index in [2.05, 4.69) is 13.8 Å². The fourth-order valence-electron chi connectivity index (χ4n) is 2.31. The van der Waals surface area contributed by atoms with Gasteiger partial charge in [-0.2, -0.15) is 0 Å². The molecule has 3 heteroatoms. The lowest BCUT2D eigenvalue weighted by molar-refractivity contribution is -0.126. The Hall–Kier alpha value is -1.28. The van der Waals surface area contributed by atoms with Crippen LogP contribution < -0.4 is 0 Å². The molecule has 0 saturated heterocycles. The third kappa shape index (κ3) is 7.13. The monoisotopic (exact) mass is 321 g/mol. The zero-order chi connectivity index (χ0) is 16.2. The van der Waals surface area contributed by atoms with Crippen LogP contribution in [0.2, 0.25) is 5.02 Å². The van der Waals surface area contributed by atoms with Crippen molar-refractivity contribution in [2.45, 2.75) is 52.4 Å². The molecule has 0 radical (unpaired) electrons. The van der Waals surface area contributed by atoms with Crippen molar-refractivity contribution < 1.29 is 4.79 Å². The maximum atomic E-state index is 12.4. The van der Waals surface area contributed by atoms with E-state index in [0.717, 1.165) is 31.5 Å². The molecule has 0 saturated carbocycles. The topological polar surface area (TPSA) is 20.3 Å². The maximum Gasteiger partial charge on any atom is 0.246 e. The Balaban J connectivity index is 2.62. The first-order valence-corrected chi connectivity index (χ1v) is 8.78. The smallest absolute Gasteiger partial charge is 0.246 e. The van der Waals surface area contributed by atoms with Crippen molar-refractivity contribution in [2.75, 3.05) is 13.1 Å². The number of hydrogen-bond acceptors (Lipinski definition) is 1. The van der Waals surface area contributed by atoms with E-state index < -0.39 is 0 Å². The van der Waals surface area contributed by atoms with Crippen molar-refractivity contribution in [2.24, 2.45) is 0 Å². The Morgan fingerprint density at radius 3 is 2.18 bits per heavy atom. The summed E-state index contributed by atoms with van der Waals surface area (Å²) in [5, 5.41) is 0.676. The molecule has 0 heterocycles. The molecule has 0 atom stereocenters. The highest BCUT2D eigenvalue weighted by Crippen LogP contribution is 2.16.